The Morgan fingerprint density at radius 3 is 2.81 bits per heavy atom. The van der Waals surface area contributed by atoms with Crippen LogP contribution in [0.2, 0.25) is 0 Å². The van der Waals surface area contributed by atoms with E-state index in [1.54, 1.807) is 0 Å². The van der Waals surface area contributed by atoms with Gasteiger partial charge in [0.15, 0.2) is 5.13 Å². The van der Waals surface area contributed by atoms with Gasteiger partial charge in [0.1, 0.15) is 0 Å². The van der Waals surface area contributed by atoms with E-state index >= 15 is 0 Å². The first-order valence-corrected chi connectivity index (χ1v) is 8.44. The average molecular weight is 436 g/mol. The predicted octanol–water partition coefficient (Wildman–Crippen LogP) is 3.53. The number of amides is 1. The standard InChI is InChI=1S/C14H14IN3OS.ClH/c15-10-5-3-9(4-6-10)12-8-20-14(17-12)18-13(19)11-2-1-7-16-11;/h3-6,8,11,16H,1-2,7H2,(H,17,18,19);1H. The Balaban J connectivity index is 0.00000161. The van der Waals surface area contributed by atoms with Crippen LogP contribution in [0.4, 0.5) is 5.13 Å². The largest absolute Gasteiger partial charge is 0.306 e. The summed E-state index contributed by atoms with van der Waals surface area (Å²) >= 11 is 3.74. The first kappa shape index (κ1) is 16.7. The van der Waals surface area contributed by atoms with E-state index in [0.29, 0.717) is 5.13 Å². The van der Waals surface area contributed by atoms with E-state index in [1.807, 2.05) is 17.5 Å². The molecule has 2 aromatic rings. The van der Waals surface area contributed by atoms with Crippen LogP contribution in [0.3, 0.4) is 0 Å². The van der Waals surface area contributed by atoms with Crippen LogP contribution in [-0.2, 0) is 4.79 Å². The number of carbonyl (C=O) groups excluding carboxylic acids is 1. The van der Waals surface area contributed by atoms with Crippen molar-refractivity contribution in [1.82, 2.24) is 10.3 Å². The summed E-state index contributed by atoms with van der Waals surface area (Å²) < 4.78 is 1.20. The number of benzene rings is 1. The quantitative estimate of drug-likeness (QED) is 0.725. The molecule has 0 radical (unpaired) electrons. The molecule has 0 spiro atoms. The second kappa shape index (κ2) is 7.53. The minimum atomic E-state index is -0.0688. The summed E-state index contributed by atoms with van der Waals surface area (Å²) in [7, 11) is 0. The van der Waals surface area contributed by atoms with Gasteiger partial charge in [0.2, 0.25) is 5.91 Å². The smallest absolute Gasteiger partial charge is 0.243 e. The first-order valence-electron chi connectivity index (χ1n) is 6.48. The third-order valence-electron chi connectivity index (χ3n) is 3.25. The fourth-order valence-corrected chi connectivity index (χ4v) is 3.27. The molecular weight excluding hydrogens is 421 g/mol. The van der Waals surface area contributed by atoms with E-state index in [-0.39, 0.29) is 24.4 Å². The molecule has 2 heterocycles. The maximum Gasteiger partial charge on any atom is 0.243 e. The second-order valence-corrected chi connectivity index (χ2v) is 6.79. The number of hydrogen-bond acceptors (Lipinski definition) is 4. The van der Waals surface area contributed by atoms with E-state index in [1.165, 1.54) is 14.9 Å². The number of carbonyl (C=O) groups is 1. The van der Waals surface area contributed by atoms with Crippen molar-refractivity contribution in [3.05, 3.63) is 33.2 Å². The lowest BCUT2D eigenvalue weighted by Crippen LogP contribution is -2.35. The fourth-order valence-electron chi connectivity index (χ4n) is 2.19. The van der Waals surface area contributed by atoms with Gasteiger partial charge in [-0.15, -0.1) is 23.7 Å². The molecule has 1 fully saturated rings. The Morgan fingerprint density at radius 2 is 2.14 bits per heavy atom. The van der Waals surface area contributed by atoms with Crippen molar-refractivity contribution in [2.24, 2.45) is 0 Å². The molecule has 1 aromatic carbocycles. The molecule has 0 saturated carbocycles. The van der Waals surface area contributed by atoms with Crippen molar-refractivity contribution in [2.75, 3.05) is 11.9 Å². The first-order chi connectivity index (χ1) is 9.72. The lowest BCUT2D eigenvalue weighted by Gasteiger charge is -2.08. The van der Waals surface area contributed by atoms with Crippen molar-refractivity contribution >= 4 is 57.4 Å². The Labute approximate surface area is 147 Å². The summed E-state index contributed by atoms with van der Waals surface area (Å²) in [4.78, 5) is 16.5. The summed E-state index contributed by atoms with van der Waals surface area (Å²) in [5.41, 5.74) is 1.97. The van der Waals surface area contributed by atoms with Crippen LogP contribution in [0.1, 0.15) is 12.8 Å². The molecule has 2 N–H and O–H groups in total. The van der Waals surface area contributed by atoms with Crippen LogP contribution in [0.25, 0.3) is 11.3 Å². The molecule has 1 aromatic heterocycles. The third-order valence-corrected chi connectivity index (χ3v) is 4.73. The molecule has 1 aliphatic heterocycles. The highest BCUT2D eigenvalue weighted by Gasteiger charge is 2.22. The number of nitrogens with zero attached hydrogens (tertiary/aromatic N) is 1. The number of rotatable bonds is 3. The van der Waals surface area contributed by atoms with Gasteiger partial charge in [0.25, 0.3) is 0 Å². The Kier molecular flexibility index (Phi) is 5.98. The Morgan fingerprint density at radius 1 is 1.38 bits per heavy atom. The summed E-state index contributed by atoms with van der Waals surface area (Å²) in [6.45, 7) is 0.920. The number of aromatic nitrogens is 1. The van der Waals surface area contributed by atoms with Gasteiger partial charge in [-0.05, 0) is 54.1 Å². The molecule has 1 aliphatic rings. The monoisotopic (exact) mass is 435 g/mol. The topological polar surface area (TPSA) is 54.0 Å². The summed E-state index contributed by atoms with van der Waals surface area (Å²) in [5, 5.41) is 8.71. The molecular formula is C14H15ClIN3OS. The number of nitrogens with one attached hydrogen (secondary N) is 2. The van der Waals surface area contributed by atoms with E-state index in [2.05, 4.69) is 50.3 Å². The van der Waals surface area contributed by atoms with Crippen LogP contribution in [0.15, 0.2) is 29.6 Å². The minimum absolute atomic E-state index is 0. The van der Waals surface area contributed by atoms with E-state index in [0.717, 1.165) is 30.6 Å². The van der Waals surface area contributed by atoms with Gasteiger partial charge >= 0.3 is 0 Å². The van der Waals surface area contributed by atoms with Gasteiger partial charge in [0, 0.05) is 14.5 Å². The second-order valence-electron chi connectivity index (χ2n) is 4.68. The maximum absolute atomic E-state index is 12.0. The van der Waals surface area contributed by atoms with Crippen LogP contribution < -0.4 is 10.6 Å². The Hall–Kier alpha value is -0.700. The summed E-state index contributed by atoms with van der Waals surface area (Å²) in [6.07, 6.45) is 1.96. The maximum atomic E-state index is 12.0. The summed E-state index contributed by atoms with van der Waals surface area (Å²) in [5.74, 6) is 0.0195. The normalized spacial score (nSPS) is 17.3. The fraction of sp³-hybridized carbons (Fsp3) is 0.286. The molecule has 1 unspecified atom stereocenters. The molecule has 1 atom stereocenters. The number of thiazole rings is 1. The highest BCUT2D eigenvalue weighted by Crippen LogP contribution is 2.25. The van der Waals surface area contributed by atoms with Gasteiger partial charge < -0.3 is 10.6 Å². The molecule has 4 nitrogen and oxygen atoms in total. The molecule has 3 rings (SSSR count). The van der Waals surface area contributed by atoms with Gasteiger partial charge in [-0.2, -0.15) is 0 Å². The van der Waals surface area contributed by atoms with E-state index < -0.39 is 0 Å². The molecule has 1 saturated heterocycles. The van der Waals surface area contributed by atoms with Crippen molar-refractivity contribution in [2.45, 2.75) is 18.9 Å². The number of hydrogen-bond donors (Lipinski definition) is 2. The zero-order valence-electron chi connectivity index (χ0n) is 11.1. The van der Waals surface area contributed by atoms with Crippen LogP contribution >= 0.6 is 46.3 Å². The minimum Gasteiger partial charge on any atom is -0.306 e. The Bertz CT molecular complexity index is 611. The summed E-state index contributed by atoms with van der Waals surface area (Å²) in [6, 6.07) is 8.12. The van der Waals surface area contributed by atoms with Crippen molar-refractivity contribution < 1.29 is 4.79 Å². The van der Waals surface area contributed by atoms with Gasteiger partial charge in [-0.25, -0.2) is 4.98 Å². The average Bonchev–Trinajstić information content (AvgIpc) is 3.10. The lowest BCUT2D eigenvalue weighted by atomic mass is 10.2. The number of anilines is 1. The van der Waals surface area contributed by atoms with Crippen LogP contribution in [-0.4, -0.2) is 23.5 Å². The predicted molar refractivity (Wildman–Crippen MR) is 97.2 cm³/mol. The molecule has 0 aliphatic carbocycles. The van der Waals surface area contributed by atoms with Crippen LogP contribution in [0.5, 0.6) is 0 Å². The van der Waals surface area contributed by atoms with Gasteiger partial charge in [-0.1, -0.05) is 12.1 Å². The SMILES string of the molecule is Cl.O=C(Nc1nc(-c2ccc(I)cc2)cs1)C1CCCN1. The van der Waals surface area contributed by atoms with E-state index in [4.69, 9.17) is 0 Å². The van der Waals surface area contributed by atoms with Crippen molar-refractivity contribution in [1.29, 1.82) is 0 Å². The zero-order chi connectivity index (χ0) is 13.9. The van der Waals surface area contributed by atoms with Gasteiger partial charge in [0.05, 0.1) is 11.7 Å². The van der Waals surface area contributed by atoms with E-state index in [9.17, 15) is 4.79 Å². The van der Waals surface area contributed by atoms with Crippen LogP contribution in [0, 0.1) is 3.57 Å². The molecule has 0 bridgehead atoms. The van der Waals surface area contributed by atoms with Crippen molar-refractivity contribution in [3.63, 3.8) is 0 Å². The molecule has 21 heavy (non-hydrogen) atoms. The van der Waals surface area contributed by atoms with Gasteiger partial charge in [-0.3, -0.25) is 4.79 Å². The third kappa shape index (κ3) is 4.15. The highest BCUT2D eigenvalue weighted by atomic mass is 127. The molecule has 112 valence electrons. The highest BCUT2D eigenvalue weighted by molar-refractivity contribution is 14.1. The number of halogens is 2. The zero-order valence-corrected chi connectivity index (χ0v) is 14.9. The molecule has 1 amide bonds. The molecule has 7 heteroatoms. The van der Waals surface area contributed by atoms with Crippen molar-refractivity contribution in [3.8, 4) is 11.3 Å². The lowest BCUT2D eigenvalue weighted by molar-refractivity contribution is -0.117.